The van der Waals surface area contributed by atoms with Gasteiger partial charge in [0.2, 0.25) is 0 Å². The molecule has 0 bridgehead atoms. The summed E-state index contributed by atoms with van der Waals surface area (Å²) in [6.07, 6.45) is 8.59. The van der Waals surface area contributed by atoms with Crippen molar-refractivity contribution in [3.05, 3.63) is 0 Å². The van der Waals surface area contributed by atoms with Crippen molar-refractivity contribution in [1.82, 2.24) is 5.32 Å². The molecule has 1 N–H and O–H groups in total. The van der Waals surface area contributed by atoms with Crippen LogP contribution in [0.2, 0.25) is 0 Å². The zero-order valence-corrected chi connectivity index (χ0v) is 10.7. The first-order valence-corrected chi connectivity index (χ1v) is 6.78. The highest BCUT2D eigenvalue weighted by atomic mass is 14.9. The SMILES string of the molecule is CC1CC(NCCC2CC2)CC(C)(C)C1. The van der Waals surface area contributed by atoms with E-state index in [1.165, 1.54) is 45.1 Å². The zero-order valence-electron chi connectivity index (χ0n) is 10.7. The summed E-state index contributed by atoms with van der Waals surface area (Å²) in [5, 5.41) is 3.78. The Morgan fingerprint density at radius 1 is 1.20 bits per heavy atom. The van der Waals surface area contributed by atoms with E-state index >= 15 is 0 Å². The Kier molecular flexibility index (Phi) is 3.39. The van der Waals surface area contributed by atoms with Crippen molar-refractivity contribution in [2.75, 3.05) is 6.54 Å². The monoisotopic (exact) mass is 209 g/mol. The fourth-order valence-corrected chi connectivity index (χ4v) is 3.40. The molecule has 0 aromatic rings. The second-order valence-electron chi connectivity index (χ2n) is 6.80. The highest BCUT2D eigenvalue weighted by molar-refractivity contribution is 4.86. The molecule has 0 radical (unpaired) electrons. The lowest BCUT2D eigenvalue weighted by atomic mass is 9.70. The number of hydrogen-bond donors (Lipinski definition) is 1. The van der Waals surface area contributed by atoms with E-state index in [0.717, 1.165) is 17.9 Å². The van der Waals surface area contributed by atoms with Crippen LogP contribution in [0.25, 0.3) is 0 Å². The molecule has 0 heterocycles. The first kappa shape index (κ1) is 11.4. The van der Waals surface area contributed by atoms with Crippen molar-refractivity contribution in [3.63, 3.8) is 0 Å². The molecule has 1 heteroatoms. The quantitative estimate of drug-likeness (QED) is 0.746. The summed E-state index contributed by atoms with van der Waals surface area (Å²) in [6.45, 7) is 8.53. The maximum Gasteiger partial charge on any atom is 0.00746 e. The Morgan fingerprint density at radius 2 is 1.93 bits per heavy atom. The molecule has 2 rings (SSSR count). The predicted molar refractivity (Wildman–Crippen MR) is 65.9 cm³/mol. The Hall–Kier alpha value is -0.0400. The summed E-state index contributed by atoms with van der Waals surface area (Å²) in [5.41, 5.74) is 0.564. The lowest BCUT2D eigenvalue weighted by Gasteiger charge is -2.39. The first-order valence-electron chi connectivity index (χ1n) is 6.78. The van der Waals surface area contributed by atoms with Gasteiger partial charge in [-0.25, -0.2) is 0 Å². The van der Waals surface area contributed by atoms with E-state index in [9.17, 15) is 0 Å². The summed E-state index contributed by atoms with van der Waals surface area (Å²) in [4.78, 5) is 0. The molecule has 0 aromatic carbocycles. The van der Waals surface area contributed by atoms with Gasteiger partial charge in [-0.3, -0.25) is 0 Å². The van der Waals surface area contributed by atoms with Crippen LogP contribution in [0.15, 0.2) is 0 Å². The summed E-state index contributed by atoms with van der Waals surface area (Å²) in [7, 11) is 0. The van der Waals surface area contributed by atoms with Gasteiger partial charge in [0, 0.05) is 6.04 Å². The topological polar surface area (TPSA) is 12.0 Å². The van der Waals surface area contributed by atoms with Gasteiger partial charge in [0.1, 0.15) is 0 Å². The molecule has 2 saturated carbocycles. The van der Waals surface area contributed by atoms with Gasteiger partial charge < -0.3 is 5.32 Å². The van der Waals surface area contributed by atoms with Crippen molar-refractivity contribution in [1.29, 1.82) is 0 Å². The van der Waals surface area contributed by atoms with E-state index < -0.39 is 0 Å². The maximum absolute atomic E-state index is 3.78. The molecule has 0 saturated heterocycles. The van der Waals surface area contributed by atoms with Gasteiger partial charge in [-0.2, -0.15) is 0 Å². The molecule has 0 spiro atoms. The molecule has 2 aliphatic rings. The molecule has 15 heavy (non-hydrogen) atoms. The Balaban J connectivity index is 1.70. The maximum atomic E-state index is 3.78. The van der Waals surface area contributed by atoms with Crippen LogP contribution < -0.4 is 5.32 Å². The third-order valence-corrected chi connectivity index (χ3v) is 4.07. The molecule has 2 unspecified atom stereocenters. The largest absolute Gasteiger partial charge is 0.314 e. The van der Waals surface area contributed by atoms with E-state index in [2.05, 4.69) is 26.1 Å². The van der Waals surface area contributed by atoms with Crippen molar-refractivity contribution in [2.45, 2.75) is 65.3 Å². The van der Waals surface area contributed by atoms with Crippen LogP contribution in [0, 0.1) is 17.3 Å². The van der Waals surface area contributed by atoms with Crippen LogP contribution in [0.1, 0.15) is 59.3 Å². The number of nitrogens with one attached hydrogen (secondary N) is 1. The molecule has 2 aliphatic carbocycles. The fraction of sp³-hybridized carbons (Fsp3) is 1.00. The molecular formula is C14H27N. The molecular weight excluding hydrogens is 182 g/mol. The highest BCUT2D eigenvalue weighted by Crippen LogP contribution is 2.38. The van der Waals surface area contributed by atoms with Gasteiger partial charge in [-0.15, -0.1) is 0 Å². The Bertz CT molecular complexity index is 205. The third kappa shape index (κ3) is 3.79. The van der Waals surface area contributed by atoms with Gasteiger partial charge in [-0.05, 0) is 49.5 Å². The fourth-order valence-electron chi connectivity index (χ4n) is 3.40. The summed E-state index contributed by atoms with van der Waals surface area (Å²) in [5.74, 6) is 1.98. The van der Waals surface area contributed by atoms with Crippen LogP contribution in [0.5, 0.6) is 0 Å². The van der Waals surface area contributed by atoms with E-state index in [-0.39, 0.29) is 0 Å². The van der Waals surface area contributed by atoms with E-state index in [0.29, 0.717) is 5.41 Å². The second-order valence-corrected chi connectivity index (χ2v) is 6.80. The lowest BCUT2D eigenvalue weighted by molar-refractivity contribution is 0.151. The average Bonchev–Trinajstić information content (AvgIpc) is 2.83. The summed E-state index contributed by atoms with van der Waals surface area (Å²) < 4.78 is 0. The van der Waals surface area contributed by atoms with Gasteiger partial charge in [0.25, 0.3) is 0 Å². The van der Waals surface area contributed by atoms with E-state index in [1.807, 2.05) is 0 Å². The lowest BCUT2D eigenvalue weighted by Crippen LogP contribution is -2.40. The van der Waals surface area contributed by atoms with Gasteiger partial charge in [0.15, 0.2) is 0 Å². The third-order valence-electron chi connectivity index (χ3n) is 4.07. The van der Waals surface area contributed by atoms with Crippen molar-refractivity contribution < 1.29 is 0 Å². The predicted octanol–water partition coefficient (Wildman–Crippen LogP) is 3.59. The molecule has 0 aromatic heterocycles. The normalized spacial score (nSPS) is 35.4. The van der Waals surface area contributed by atoms with E-state index in [4.69, 9.17) is 0 Å². The summed E-state index contributed by atoms with van der Waals surface area (Å²) in [6, 6.07) is 0.794. The molecule has 88 valence electrons. The second kappa shape index (κ2) is 4.45. The van der Waals surface area contributed by atoms with Gasteiger partial charge in [-0.1, -0.05) is 33.6 Å². The minimum Gasteiger partial charge on any atom is -0.314 e. The van der Waals surface area contributed by atoms with Gasteiger partial charge >= 0.3 is 0 Å². The highest BCUT2D eigenvalue weighted by Gasteiger charge is 2.31. The Labute approximate surface area is 95.0 Å². The van der Waals surface area contributed by atoms with Crippen LogP contribution in [-0.4, -0.2) is 12.6 Å². The zero-order chi connectivity index (χ0) is 10.9. The minimum absolute atomic E-state index is 0.564. The first-order chi connectivity index (χ1) is 7.05. The number of rotatable bonds is 4. The minimum atomic E-state index is 0.564. The standard InChI is InChI=1S/C14H27N/c1-11-8-13(10-14(2,3)9-11)15-7-6-12-4-5-12/h11-13,15H,4-10H2,1-3H3. The van der Waals surface area contributed by atoms with Crippen molar-refractivity contribution >= 4 is 0 Å². The van der Waals surface area contributed by atoms with Crippen molar-refractivity contribution in [2.24, 2.45) is 17.3 Å². The molecule has 0 amide bonds. The van der Waals surface area contributed by atoms with Crippen molar-refractivity contribution in [3.8, 4) is 0 Å². The van der Waals surface area contributed by atoms with E-state index in [1.54, 1.807) is 0 Å². The average molecular weight is 209 g/mol. The van der Waals surface area contributed by atoms with Crippen LogP contribution in [0.3, 0.4) is 0 Å². The molecule has 2 atom stereocenters. The molecule has 2 fully saturated rings. The Morgan fingerprint density at radius 3 is 2.53 bits per heavy atom. The molecule has 0 aliphatic heterocycles. The van der Waals surface area contributed by atoms with Crippen LogP contribution >= 0.6 is 0 Å². The van der Waals surface area contributed by atoms with Crippen LogP contribution in [-0.2, 0) is 0 Å². The van der Waals surface area contributed by atoms with Gasteiger partial charge in [0.05, 0.1) is 0 Å². The smallest absolute Gasteiger partial charge is 0.00746 e. The van der Waals surface area contributed by atoms with Crippen LogP contribution in [0.4, 0.5) is 0 Å². The summed E-state index contributed by atoms with van der Waals surface area (Å²) >= 11 is 0. The number of hydrogen-bond acceptors (Lipinski definition) is 1. The molecule has 1 nitrogen and oxygen atoms in total.